The molecule has 118 valence electrons. The molecule has 0 aromatic rings. The van der Waals surface area contributed by atoms with Crippen molar-refractivity contribution in [2.24, 2.45) is 5.73 Å². The van der Waals surface area contributed by atoms with E-state index in [0.29, 0.717) is 0 Å². The molecule has 0 saturated carbocycles. The van der Waals surface area contributed by atoms with E-state index in [9.17, 15) is 4.79 Å². The normalized spacial score (nSPS) is 19.9. The van der Waals surface area contributed by atoms with Crippen LogP contribution in [0.3, 0.4) is 0 Å². The lowest BCUT2D eigenvalue weighted by Crippen LogP contribution is -2.56. The van der Waals surface area contributed by atoms with Gasteiger partial charge in [-0.15, -0.1) is 0 Å². The van der Waals surface area contributed by atoms with Crippen molar-refractivity contribution in [1.82, 2.24) is 15.1 Å². The molecular formula is C15H32N4O. The SMILES string of the molecule is CCC(C)(C)NC(=O)C(C)N1CCN(CCCN)CC1. The van der Waals surface area contributed by atoms with Gasteiger partial charge in [0.25, 0.3) is 0 Å². The monoisotopic (exact) mass is 284 g/mol. The lowest BCUT2D eigenvalue weighted by atomic mass is 10.0. The van der Waals surface area contributed by atoms with Crippen molar-refractivity contribution < 1.29 is 4.79 Å². The number of hydrogen-bond acceptors (Lipinski definition) is 4. The minimum atomic E-state index is -0.117. The van der Waals surface area contributed by atoms with E-state index in [-0.39, 0.29) is 17.5 Å². The molecule has 5 heteroatoms. The predicted octanol–water partition coefficient (Wildman–Crippen LogP) is 0.646. The van der Waals surface area contributed by atoms with Crippen LogP contribution in [0.15, 0.2) is 0 Å². The van der Waals surface area contributed by atoms with Gasteiger partial charge >= 0.3 is 0 Å². The summed E-state index contributed by atoms with van der Waals surface area (Å²) in [6, 6.07) is -0.0440. The second kappa shape index (κ2) is 7.96. The molecule has 0 aromatic heterocycles. The van der Waals surface area contributed by atoms with Crippen molar-refractivity contribution in [1.29, 1.82) is 0 Å². The van der Waals surface area contributed by atoms with Crippen LogP contribution in [-0.4, -0.2) is 66.6 Å². The van der Waals surface area contributed by atoms with Crippen molar-refractivity contribution in [2.45, 2.75) is 52.1 Å². The van der Waals surface area contributed by atoms with Gasteiger partial charge in [-0.25, -0.2) is 0 Å². The second-order valence-electron chi connectivity index (χ2n) is 6.42. The number of hydrogen-bond donors (Lipinski definition) is 2. The maximum Gasteiger partial charge on any atom is 0.237 e. The maximum absolute atomic E-state index is 12.3. The molecule has 1 fully saturated rings. The fourth-order valence-corrected chi connectivity index (χ4v) is 2.38. The number of nitrogens with zero attached hydrogens (tertiary/aromatic N) is 2. The summed E-state index contributed by atoms with van der Waals surface area (Å²) in [5.74, 6) is 0.146. The van der Waals surface area contributed by atoms with Gasteiger partial charge in [0.1, 0.15) is 0 Å². The molecule has 1 aliphatic rings. The third-order valence-corrected chi connectivity index (χ3v) is 4.36. The molecule has 1 saturated heterocycles. The van der Waals surface area contributed by atoms with Gasteiger partial charge in [-0.1, -0.05) is 6.92 Å². The Balaban J connectivity index is 2.38. The minimum absolute atomic E-state index is 0.0440. The Hall–Kier alpha value is -0.650. The standard InChI is InChI=1S/C15H32N4O/c1-5-15(3,4)17-14(20)13(2)19-11-9-18(10-12-19)8-6-7-16/h13H,5-12,16H2,1-4H3,(H,17,20). The van der Waals surface area contributed by atoms with E-state index in [2.05, 4.69) is 35.9 Å². The molecule has 20 heavy (non-hydrogen) atoms. The lowest BCUT2D eigenvalue weighted by Gasteiger charge is -2.38. The molecule has 1 amide bonds. The summed E-state index contributed by atoms with van der Waals surface area (Å²) in [5, 5.41) is 3.14. The number of nitrogens with one attached hydrogen (secondary N) is 1. The molecule has 1 unspecified atom stereocenters. The van der Waals surface area contributed by atoms with E-state index >= 15 is 0 Å². The molecule has 1 rings (SSSR count). The number of nitrogens with two attached hydrogens (primary N) is 1. The van der Waals surface area contributed by atoms with Crippen LogP contribution in [0.1, 0.15) is 40.5 Å². The Labute approximate surface area is 123 Å². The highest BCUT2D eigenvalue weighted by Crippen LogP contribution is 2.11. The van der Waals surface area contributed by atoms with Gasteiger partial charge < -0.3 is 16.0 Å². The van der Waals surface area contributed by atoms with Crippen molar-refractivity contribution in [2.75, 3.05) is 39.3 Å². The molecule has 0 radical (unpaired) electrons. The average molecular weight is 284 g/mol. The van der Waals surface area contributed by atoms with Crippen LogP contribution < -0.4 is 11.1 Å². The Kier molecular flexibility index (Phi) is 6.92. The maximum atomic E-state index is 12.3. The number of piperazine rings is 1. The van der Waals surface area contributed by atoms with Gasteiger partial charge in [-0.2, -0.15) is 0 Å². The highest BCUT2D eigenvalue weighted by Gasteiger charge is 2.28. The van der Waals surface area contributed by atoms with E-state index in [1.165, 1.54) is 0 Å². The summed E-state index contributed by atoms with van der Waals surface area (Å²) >= 11 is 0. The highest BCUT2D eigenvalue weighted by molar-refractivity contribution is 5.82. The van der Waals surface area contributed by atoms with E-state index in [4.69, 9.17) is 5.73 Å². The molecule has 0 bridgehead atoms. The minimum Gasteiger partial charge on any atom is -0.350 e. The van der Waals surface area contributed by atoms with Crippen LogP contribution in [0.25, 0.3) is 0 Å². The Bertz CT molecular complexity index is 298. The molecule has 1 heterocycles. The van der Waals surface area contributed by atoms with Gasteiger partial charge in [0.05, 0.1) is 6.04 Å². The van der Waals surface area contributed by atoms with E-state index in [0.717, 1.165) is 52.1 Å². The number of carbonyl (C=O) groups excluding carboxylic acids is 1. The topological polar surface area (TPSA) is 61.6 Å². The molecule has 0 spiro atoms. The first-order valence-electron chi connectivity index (χ1n) is 7.88. The fraction of sp³-hybridized carbons (Fsp3) is 0.933. The van der Waals surface area contributed by atoms with Crippen LogP contribution in [0, 0.1) is 0 Å². The molecular weight excluding hydrogens is 252 g/mol. The third kappa shape index (κ3) is 5.38. The van der Waals surface area contributed by atoms with E-state index in [1.807, 2.05) is 6.92 Å². The zero-order valence-corrected chi connectivity index (χ0v) is 13.6. The quantitative estimate of drug-likeness (QED) is 0.720. The second-order valence-corrected chi connectivity index (χ2v) is 6.42. The average Bonchev–Trinajstić information content (AvgIpc) is 2.44. The molecule has 3 N–H and O–H groups in total. The first-order valence-corrected chi connectivity index (χ1v) is 7.88. The Morgan fingerprint density at radius 3 is 2.40 bits per heavy atom. The van der Waals surface area contributed by atoms with E-state index in [1.54, 1.807) is 0 Å². The summed E-state index contributed by atoms with van der Waals surface area (Å²) in [4.78, 5) is 17.0. The molecule has 0 aliphatic carbocycles. The van der Waals surface area contributed by atoms with Crippen molar-refractivity contribution >= 4 is 5.91 Å². The number of carbonyl (C=O) groups is 1. The smallest absolute Gasteiger partial charge is 0.237 e. The lowest BCUT2D eigenvalue weighted by molar-refractivity contribution is -0.128. The third-order valence-electron chi connectivity index (χ3n) is 4.36. The Morgan fingerprint density at radius 1 is 1.30 bits per heavy atom. The van der Waals surface area contributed by atoms with Gasteiger partial charge in [0, 0.05) is 31.7 Å². The molecule has 1 aliphatic heterocycles. The molecule has 1 atom stereocenters. The first-order chi connectivity index (χ1) is 9.39. The van der Waals surface area contributed by atoms with Gasteiger partial charge in [0.2, 0.25) is 5.91 Å². The number of rotatable bonds is 7. The zero-order valence-electron chi connectivity index (χ0n) is 13.6. The predicted molar refractivity (Wildman–Crippen MR) is 83.7 cm³/mol. The van der Waals surface area contributed by atoms with Crippen LogP contribution in [-0.2, 0) is 4.79 Å². The molecule has 5 nitrogen and oxygen atoms in total. The van der Waals surface area contributed by atoms with Crippen LogP contribution in [0.2, 0.25) is 0 Å². The first kappa shape index (κ1) is 17.4. The zero-order chi connectivity index (χ0) is 15.2. The summed E-state index contributed by atoms with van der Waals surface area (Å²) < 4.78 is 0. The summed E-state index contributed by atoms with van der Waals surface area (Å²) in [7, 11) is 0. The highest BCUT2D eigenvalue weighted by atomic mass is 16.2. The number of amides is 1. The van der Waals surface area contributed by atoms with Gasteiger partial charge in [-0.05, 0) is 46.7 Å². The van der Waals surface area contributed by atoms with Gasteiger partial charge in [0.15, 0.2) is 0 Å². The van der Waals surface area contributed by atoms with Gasteiger partial charge in [-0.3, -0.25) is 9.69 Å². The van der Waals surface area contributed by atoms with Crippen LogP contribution >= 0.6 is 0 Å². The largest absolute Gasteiger partial charge is 0.350 e. The van der Waals surface area contributed by atoms with Crippen LogP contribution in [0.4, 0.5) is 0 Å². The van der Waals surface area contributed by atoms with Crippen molar-refractivity contribution in [3.05, 3.63) is 0 Å². The summed E-state index contributed by atoms with van der Waals surface area (Å²) in [6.45, 7) is 14.1. The summed E-state index contributed by atoms with van der Waals surface area (Å²) in [5.41, 5.74) is 5.43. The summed E-state index contributed by atoms with van der Waals surface area (Å²) in [6.07, 6.45) is 2.00. The van der Waals surface area contributed by atoms with E-state index < -0.39 is 0 Å². The van der Waals surface area contributed by atoms with Crippen molar-refractivity contribution in [3.8, 4) is 0 Å². The van der Waals surface area contributed by atoms with Crippen LogP contribution in [0.5, 0.6) is 0 Å². The Morgan fingerprint density at radius 2 is 1.90 bits per heavy atom. The fourth-order valence-electron chi connectivity index (χ4n) is 2.38. The van der Waals surface area contributed by atoms with Crippen molar-refractivity contribution in [3.63, 3.8) is 0 Å². The molecule has 0 aromatic carbocycles.